The number of carbonyl (C=O) groups excluding carboxylic acids is 2. The Morgan fingerprint density at radius 3 is 2.47 bits per heavy atom. The van der Waals surface area contributed by atoms with Crippen molar-refractivity contribution in [3.8, 4) is 0 Å². The average Bonchev–Trinajstić information content (AvgIpc) is 2.48. The number of imide groups is 1. The highest BCUT2D eigenvalue weighted by Gasteiger charge is 2.36. The van der Waals surface area contributed by atoms with Crippen LogP contribution in [0.3, 0.4) is 0 Å². The van der Waals surface area contributed by atoms with Crippen LogP contribution >= 0.6 is 0 Å². The first kappa shape index (κ1) is 10.5. The molecular weight excluding hydrogens is 192 g/mol. The minimum atomic E-state index is -0.259. The van der Waals surface area contributed by atoms with Crippen molar-refractivity contribution in [2.45, 2.75) is 44.6 Å². The van der Waals surface area contributed by atoms with Gasteiger partial charge in [0.1, 0.15) is 6.04 Å². The molecule has 3 amide bonds. The van der Waals surface area contributed by atoms with Crippen LogP contribution in [0, 0.1) is 5.92 Å². The smallest absolute Gasteiger partial charge is 0.324 e. The second-order valence-corrected chi connectivity index (χ2v) is 4.64. The Bertz CT molecular complexity index is 272. The number of likely N-dealkylation sites (N-methyl/N-ethyl adjacent to an activating group) is 1. The van der Waals surface area contributed by atoms with Crippen LogP contribution in [0.2, 0.25) is 0 Å². The van der Waals surface area contributed by atoms with Gasteiger partial charge >= 0.3 is 6.03 Å². The molecule has 0 aromatic carbocycles. The van der Waals surface area contributed by atoms with Crippen LogP contribution in [-0.4, -0.2) is 29.9 Å². The largest absolute Gasteiger partial charge is 0.326 e. The van der Waals surface area contributed by atoms with Crippen LogP contribution in [-0.2, 0) is 4.79 Å². The molecular formula is C11H18N2O2. The fourth-order valence-corrected chi connectivity index (χ4v) is 2.56. The van der Waals surface area contributed by atoms with Gasteiger partial charge in [0, 0.05) is 7.05 Å². The summed E-state index contributed by atoms with van der Waals surface area (Å²) < 4.78 is 0. The molecule has 1 saturated heterocycles. The minimum absolute atomic E-state index is 0.0643. The van der Waals surface area contributed by atoms with E-state index in [0.29, 0.717) is 5.92 Å². The monoisotopic (exact) mass is 210 g/mol. The quantitative estimate of drug-likeness (QED) is 0.702. The molecule has 1 saturated carbocycles. The van der Waals surface area contributed by atoms with E-state index in [1.54, 1.807) is 7.05 Å². The summed E-state index contributed by atoms with van der Waals surface area (Å²) in [5.74, 6) is 0.560. The van der Waals surface area contributed by atoms with E-state index in [4.69, 9.17) is 0 Å². The number of nitrogens with one attached hydrogen (secondary N) is 1. The highest BCUT2D eigenvalue weighted by Crippen LogP contribution is 2.28. The molecule has 2 fully saturated rings. The summed E-state index contributed by atoms with van der Waals surface area (Å²) >= 11 is 0. The van der Waals surface area contributed by atoms with Crippen molar-refractivity contribution in [3.63, 3.8) is 0 Å². The second-order valence-electron chi connectivity index (χ2n) is 4.64. The summed E-state index contributed by atoms with van der Waals surface area (Å²) in [7, 11) is 1.54. The van der Waals surface area contributed by atoms with E-state index in [9.17, 15) is 9.59 Å². The zero-order valence-electron chi connectivity index (χ0n) is 9.16. The lowest BCUT2D eigenvalue weighted by atomic mass is 9.85. The number of hydrogen-bond acceptors (Lipinski definition) is 2. The molecule has 1 atom stereocenters. The van der Waals surface area contributed by atoms with Crippen molar-refractivity contribution in [1.82, 2.24) is 10.2 Å². The van der Waals surface area contributed by atoms with Gasteiger partial charge in [-0.25, -0.2) is 4.79 Å². The predicted octanol–water partition coefficient (Wildman–Crippen LogP) is 1.51. The van der Waals surface area contributed by atoms with Gasteiger partial charge in [0.2, 0.25) is 0 Å². The number of amides is 3. The van der Waals surface area contributed by atoms with E-state index in [2.05, 4.69) is 5.32 Å². The highest BCUT2D eigenvalue weighted by molar-refractivity contribution is 6.03. The number of carbonyl (C=O) groups is 2. The Hall–Kier alpha value is -1.06. The van der Waals surface area contributed by atoms with Gasteiger partial charge in [-0.3, -0.25) is 9.69 Å². The van der Waals surface area contributed by atoms with Gasteiger partial charge in [-0.2, -0.15) is 0 Å². The molecule has 2 rings (SSSR count). The average molecular weight is 210 g/mol. The Morgan fingerprint density at radius 1 is 1.27 bits per heavy atom. The van der Waals surface area contributed by atoms with Crippen molar-refractivity contribution in [1.29, 1.82) is 0 Å². The third-order valence-electron chi connectivity index (χ3n) is 3.52. The second kappa shape index (κ2) is 4.21. The summed E-state index contributed by atoms with van der Waals surface area (Å²) in [5.41, 5.74) is 0. The van der Waals surface area contributed by atoms with Crippen LogP contribution in [0.5, 0.6) is 0 Å². The van der Waals surface area contributed by atoms with Gasteiger partial charge in [0.05, 0.1) is 0 Å². The van der Waals surface area contributed by atoms with E-state index >= 15 is 0 Å². The molecule has 1 N–H and O–H groups in total. The molecule has 1 aliphatic heterocycles. The SMILES string of the molecule is CN1C(=O)N[C@@H](CC2CCCCC2)C1=O. The fourth-order valence-electron chi connectivity index (χ4n) is 2.56. The molecule has 1 heterocycles. The molecule has 1 aliphatic carbocycles. The highest BCUT2D eigenvalue weighted by atomic mass is 16.2. The predicted molar refractivity (Wildman–Crippen MR) is 56.3 cm³/mol. The first-order chi connectivity index (χ1) is 7.18. The maximum Gasteiger partial charge on any atom is 0.324 e. The van der Waals surface area contributed by atoms with Crippen LogP contribution in [0.25, 0.3) is 0 Å². The normalized spacial score (nSPS) is 28.3. The molecule has 4 nitrogen and oxygen atoms in total. The third kappa shape index (κ3) is 2.13. The van der Waals surface area contributed by atoms with Gasteiger partial charge < -0.3 is 5.32 Å². The molecule has 2 aliphatic rings. The zero-order chi connectivity index (χ0) is 10.8. The first-order valence-corrected chi connectivity index (χ1v) is 5.76. The van der Waals surface area contributed by atoms with Gasteiger partial charge in [0.25, 0.3) is 5.91 Å². The van der Waals surface area contributed by atoms with Crippen LogP contribution in [0.1, 0.15) is 38.5 Å². The van der Waals surface area contributed by atoms with Gasteiger partial charge in [-0.05, 0) is 12.3 Å². The van der Waals surface area contributed by atoms with E-state index in [0.717, 1.165) is 6.42 Å². The molecule has 0 aromatic rings. The van der Waals surface area contributed by atoms with Crippen molar-refractivity contribution >= 4 is 11.9 Å². The molecule has 0 radical (unpaired) electrons. The molecule has 15 heavy (non-hydrogen) atoms. The van der Waals surface area contributed by atoms with Gasteiger partial charge in [-0.1, -0.05) is 32.1 Å². The summed E-state index contributed by atoms with van der Waals surface area (Å²) in [6.45, 7) is 0. The molecule has 84 valence electrons. The van der Waals surface area contributed by atoms with Gasteiger partial charge in [0.15, 0.2) is 0 Å². The summed E-state index contributed by atoms with van der Waals surface area (Å²) in [4.78, 5) is 24.1. The maximum absolute atomic E-state index is 11.6. The molecule has 0 bridgehead atoms. The third-order valence-corrected chi connectivity index (χ3v) is 3.52. The van der Waals surface area contributed by atoms with E-state index < -0.39 is 0 Å². The van der Waals surface area contributed by atoms with Crippen LogP contribution < -0.4 is 5.32 Å². The minimum Gasteiger partial charge on any atom is -0.326 e. The standard InChI is InChI=1S/C11H18N2O2/c1-13-10(14)9(12-11(13)15)7-8-5-3-2-4-6-8/h8-9H,2-7H2,1H3,(H,12,15)/t9-/m0/s1. The van der Waals surface area contributed by atoms with Crippen LogP contribution in [0.4, 0.5) is 4.79 Å². The fraction of sp³-hybridized carbons (Fsp3) is 0.818. The summed E-state index contributed by atoms with van der Waals surface area (Å²) in [6.07, 6.45) is 7.12. The van der Waals surface area contributed by atoms with Crippen molar-refractivity contribution in [2.24, 2.45) is 5.92 Å². The van der Waals surface area contributed by atoms with Crippen molar-refractivity contribution in [3.05, 3.63) is 0 Å². The Kier molecular flexibility index (Phi) is 2.93. The Balaban J connectivity index is 1.89. The lowest BCUT2D eigenvalue weighted by Gasteiger charge is -2.23. The molecule has 0 aromatic heterocycles. The summed E-state index contributed by atoms with van der Waals surface area (Å²) in [6, 6.07) is -0.508. The number of hydrogen-bond donors (Lipinski definition) is 1. The summed E-state index contributed by atoms with van der Waals surface area (Å²) in [5, 5.41) is 2.74. The Morgan fingerprint density at radius 2 is 1.93 bits per heavy atom. The Labute approximate surface area is 90.0 Å². The molecule has 0 spiro atoms. The lowest BCUT2D eigenvalue weighted by molar-refractivity contribution is -0.126. The van der Waals surface area contributed by atoms with Crippen molar-refractivity contribution < 1.29 is 9.59 Å². The maximum atomic E-state index is 11.6. The van der Waals surface area contributed by atoms with E-state index in [-0.39, 0.29) is 18.0 Å². The first-order valence-electron chi connectivity index (χ1n) is 5.76. The molecule has 4 heteroatoms. The van der Waals surface area contributed by atoms with Gasteiger partial charge in [-0.15, -0.1) is 0 Å². The number of nitrogens with zero attached hydrogens (tertiary/aromatic N) is 1. The zero-order valence-corrected chi connectivity index (χ0v) is 9.16. The van der Waals surface area contributed by atoms with Crippen LogP contribution in [0.15, 0.2) is 0 Å². The molecule has 0 unspecified atom stereocenters. The number of rotatable bonds is 2. The van der Waals surface area contributed by atoms with E-state index in [1.165, 1.54) is 37.0 Å². The topological polar surface area (TPSA) is 49.4 Å². The van der Waals surface area contributed by atoms with E-state index in [1.807, 2.05) is 0 Å². The number of urea groups is 1. The van der Waals surface area contributed by atoms with Crippen molar-refractivity contribution in [2.75, 3.05) is 7.05 Å². The lowest BCUT2D eigenvalue weighted by Crippen LogP contribution is -2.31.